The molecule has 0 fully saturated rings. The first-order valence-electron chi connectivity index (χ1n) is 3.00. The lowest BCUT2D eigenvalue weighted by atomic mass is 10.1. The topological polar surface area (TPSA) is 0 Å². The van der Waals surface area contributed by atoms with Crippen molar-refractivity contribution < 1.29 is 0 Å². The van der Waals surface area contributed by atoms with Crippen LogP contribution in [0.2, 0.25) is 0 Å². The lowest BCUT2D eigenvalue weighted by Crippen LogP contribution is -1.83. The number of rotatable bonds is 2. The second-order valence-electron chi connectivity index (χ2n) is 2.14. The van der Waals surface area contributed by atoms with Gasteiger partial charge in [-0.15, -0.1) is 0 Å². The normalized spacial score (nSPS) is 16.2. The number of halogens is 1. The molecule has 0 N–H and O–H groups in total. The number of allylic oxidation sites excluding steroid dienone is 2. The fourth-order valence-electron chi connectivity index (χ4n) is 0.510. The first kappa shape index (κ1) is 8.47. The highest BCUT2D eigenvalue weighted by Gasteiger charge is 1.90. The minimum absolute atomic E-state index is 0.756. The van der Waals surface area contributed by atoms with Crippen LogP contribution >= 0.6 is 22.6 Å². The minimum atomic E-state index is 0.756. The number of hydrogen-bond donors (Lipinski definition) is 0. The summed E-state index contributed by atoms with van der Waals surface area (Å²) in [6.07, 6.45) is 3.54. The molecule has 0 nitrogen and oxygen atoms in total. The first-order chi connectivity index (χ1) is 3.66. The lowest BCUT2D eigenvalue weighted by Gasteiger charge is -1.98. The average molecular weight is 224 g/mol. The van der Waals surface area contributed by atoms with Crippen molar-refractivity contribution >= 4 is 22.6 Å². The van der Waals surface area contributed by atoms with Crippen LogP contribution in [0.3, 0.4) is 0 Å². The standard InChI is InChI=1S/C7H13I/c1-4-6(2)5-7(3)8/h5-6H,4H2,1-3H3/b7-5+/t6-/m1/s1. The molecule has 0 aliphatic carbocycles. The minimum Gasteiger partial charge on any atom is -0.0727 e. The summed E-state index contributed by atoms with van der Waals surface area (Å²) in [4.78, 5) is 0. The summed E-state index contributed by atoms with van der Waals surface area (Å²) in [5, 5.41) is 0. The molecule has 0 aliphatic rings. The van der Waals surface area contributed by atoms with E-state index in [9.17, 15) is 0 Å². The lowest BCUT2D eigenvalue weighted by molar-refractivity contribution is 0.697. The maximum atomic E-state index is 2.34. The molecule has 0 aromatic heterocycles. The third-order valence-electron chi connectivity index (χ3n) is 1.16. The fraction of sp³-hybridized carbons (Fsp3) is 0.714. The molecule has 0 radical (unpaired) electrons. The molecule has 1 heteroatoms. The number of hydrogen-bond acceptors (Lipinski definition) is 0. The molecule has 0 bridgehead atoms. The maximum Gasteiger partial charge on any atom is -0.0162 e. The molecule has 1 atom stereocenters. The van der Waals surface area contributed by atoms with Crippen LogP contribution in [0.5, 0.6) is 0 Å². The molecule has 0 saturated carbocycles. The van der Waals surface area contributed by atoms with Gasteiger partial charge in [0.1, 0.15) is 0 Å². The van der Waals surface area contributed by atoms with Gasteiger partial charge in [-0.3, -0.25) is 0 Å². The molecule has 0 heterocycles. The summed E-state index contributed by atoms with van der Waals surface area (Å²) >= 11 is 2.34. The summed E-state index contributed by atoms with van der Waals surface area (Å²) < 4.78 is 1.40. The van der Waals surface area contributed by atoms with Crippen LogP contribution in [-0.2, 0) is 0 Å². The van der Waals surface area contributed by atoms with Gasteiger partial charge in [0.05, 0.1) is 0 Å². The molecule has 0 amide bonds. The Balaban J connectivity index is 3.51. The second kappa shape index (κ2) is 4.36. The van der Waals surface area contributed by atoms with E-state index in [1.165, 1.54) is 10.0 Å². The Kier molecular flexibility index (Phi) is 4.61. The smallest absolute Gasteiger partial charge is 0.0162 e. The van der Waals surface area contributed by atoms with Crippen molar-refractivity contribution in [2.75, 3.05) is 0 Å². The van der Waals surface area contributed by atoms with Gasteiger partial charge >= 0.3 is 0 Å². The first-order valence-corrected chi connectivity index (χ1v) is 4.08. The van der Waals surface area contributed by atoms with E-state index < -0.39 is 0 Å². The zero-order valence-corrected chi connectivity index (χ0v) is 7.90. The van der Waals surface area contributed by atoms with Crippen molar-refractivity contribution in [3.63, 3.8) is 0 Å². The van der Waals surface area contributed by atoms with Crippen LogP contribution in [0, 0.1) is 5.92 Å². The van der Waals surface area contributed by atoms with E-state index in [1.54, 1.807) is 0 Å². The monoisotopic (exact) mass is 224 g/mol. The zero-order valence-electron chi connectivity index (χ0n) is 5.74. The van der Waals surface area contributed by atoms with Crippen LogP contribution < -0.4 is 0 Å². The van der Waals surface area contributed by atoms with Gasteiger partial charge in [-0.25, -0.2) is 0 Å². The molecule has 0 saturated heterocycles. The Labute approximate surface area is 65.5 Å². The van der Waals surface area contributed by atoms with Gasteiger partial charge in [0.2, 0.25) is 0 Å². The molecule has 0 rings (SSSR count). The van der Waals surface area contributed by atoms with E-state index in [-0.39, 0.29) is 0 Å². The van der Waals surface area contributed by atoms with E-state index in [0.29, 0.717) is 0 Å². The summed E-state index contributed by atoms with van der Waals surface area (Å²) in [5.41, 5.74) is 0. The van der Waals surface area contributed by atoms with Gasteiger partial charge in [-0.2, -0.15) is 0 Å². The van der Waals surface area contributed by atoms with E-state index >= 15 is 0 Å². The predicted octanol–water partition coefficient (Wildman–Crippen LogP) is 3.37. The van der Waals surface area contributed by atoms with Gasteiger partial charge in [0, 0.05) is 0 Å². The van der Waals surface area contributed by atoms with Crippen molar-refractivity contribution in [1.82, 2.24) is 0 Å². The van der Waals surface area contributed by atoms with Gasteiger partial charge < -0.3 is 0 Å². The van der Waals surface area contributed by atoms with Crippen LogP contribution in [-0.4, -0.2) is 0 Å². The van der Waals surface area contributed by atoms with Crippen LogP contribution in [0.4, 0.5) is 0 Å². The Morgan fingerprint density at radius 2 is 2.25 bits per heavy atom. The van der Waals surface area contributed by atoms with Gasteiger partial charge in [-0.05, 0) is 39.0 Å². The van der Waals surface area contributed by atoms with Crippen molar-refractivity contribution in [2.24, 2.45) is 5.92 Å². The quantitative estimate of drug-likeness (QED) is 0.631. The Hall–Kier alpha value is 0.470. The molecular weight excluding hydrogens is 211 g/mol. The van der Waals surface area contributed by atoms with Crippen molar-refractivity contribution in [1.29, 1.82) is 0 Å². The molecule has 0 aliphatic heterocycles. The van der Waals surface area contributed by atoms with Crippen LogP contribution in [0.15, 0.2) is 9.66 Å². The van der Waals surface area contributed by atoms with Crippen molar-refractivity contribution in [3.05, 3.63) is 9.66 Å². The van der Waals surface area contributed by atoms with Crippen molar-refractivity contribution in [3.8, 4) is 0 Å². The third-order valence-corrected chi connectivity index (χ3v) is 1.52. The second-order valence-corrected chi connectivity index (χ2v) is 3.84. The van der Waals surface area contributed by atoms with E-state index in [1.807, 2.05) is 0 Å². The largest absolute Gasteiger partial charge is 0.0727 e. The van der Waals surface area contributed by atoms with Gasteiger partial charge in [0.25, 0.3) is 0 Å². The average Bonchev–Trinajstić information content (AvgIpc) is 1.65. The highest BCUT2D eigenvalue weighted by atomic mass is 127. The Morgan fingerprint density at radius 1 is 1.75 bits per heavy atom. The Morgan fingerprint density at radius 3 is 2.38 bits per heavy atom. The van der Waals surface area contributed by atoms with Crippen molar-refractivity contribution in [2.45, 2.75) is 27.2 Å². The molecule has 0 aromatic rings. The summed E-state index contributed by atoms with van der Waals surface area (Å²) in [6, 6.07) is 0. The highest BCUT2D eigenvalue weighted by molar-refractivity contribution is 14.1. The SMILES string of the molecule is CC[C@@H](C)/C=C(\C)I. The molecule has 0 spiro atoms. The van der Waals surface area contributed by atoms with Crippen LogP contribution in [0.1, 0.15) is 27.2 Å². The zero-order chi connectivity index (χ0) is 6.57. The fourth-order valence-corrected chi connectivity index (χ4v) is 1.12. The molecule has 48 valence electrons. The maximum absolute atomic E-state index is 2.34. The molecule has 8 heavy (non-hydrogen) atoms. The van der Waals surface area contributed by atoms with Crippen LogP contribution in [0.25, 0.3) is 0 Å². The predicted molar refractivity (Wildman–Crippen MR) is 47.2 cm³/mol. The molecule has 0 aromatic carbocycles. The molecule has 0 unspecified atom stereocenters. The Bertz CT molecular complexity index is 80.4. The highest BCUT2D eigenvalue weighted by Crippen LogP contribution is 2.10. The summed E-state index contributed by atoms with van der Waals surface area (Å²) in [7, 11) is 0. The third kappa shape index (κ3) is 4.62. The summed E-state index contributed by atoms with van der Waals surface area (Å²) in [5.74, 6) is 0.756. The van der Waals surface area contributed by atoms with Gasteiger partial charge in [-0.1, -0.05) is 26.3 Å². The summed E-state index contributed by atoms with van der Waals surface area (Å²) in [6.45, 7) is 6.58. The van der Waals surface area contributed by atoms with E-state index in [0.717, 1.165) is 5.92 Å². The van der Waals surface area contributed by atoms with Gasteiger partial charge in [0.15, 0.2) is 0 Å². The van der Waals surface area contributed by atoms with E-state index in [2.05, 4.69) is 49.4 Å². The van der Waals surface area contributed by atoms with E-state index in [4.69, 9.17) is 0 Å². The molecular formula is C7H13I.